The van der Waals surface area contributed by atoms with Gasteiger partial charge in [0.05, 0.1) is 4.90 Å². The minimum atomic E-state index is -3.46. The Balaban J connectivity index is 1.83. The highest BCUT2D eigenvalue weighted by atomic mass is 32.2. The second-order valence-electron chi connectivity index (χ2n) is 7.03. The van der Waals surface area contributed by atoms with Crippen molar-refractivity contribution >= 4 is 15.7 Å². The van der Waals surface area contributed by atoms with Crippen molar-refractivity contribution in [2.75, 3.05) is 12.8 Å². The maximum Gasteiger partial charge on any atom is 0.251 e. The third-order valence-corrected chi connectivity index (χ3v) is 5.61. The van der Waals surface area contributed by atoms with Crippen LogP contribution in [0.2, 0.25) is 0 Å². The summed E-state index contributed by atoms with van der Waals surface area (Å²) in [5.41, 5.74) is 3.87. The van der Waals surface area contributed by atoms with E-state index in [0.717, 1.165) is 22.9 Å². The number of carbonyl (C=O) groups is 1. The second kappa shape index (κ2) is 8.53. The van der Waals surface area contributed by atoms with Gasteiger partial charge in [-0.3, -0.25) is 4.79 Å². The summed E-state index contributed by atoms with van der Waals surface area (Å²) in [5, 5.41) is 2.84. The highest BCUT2D eigenvalue weighted by molar-refractivity contribution is 7.90. The molecular formula is C22H23N3O3S. The first kappa shape index (κ1) is 20.7. The Morgan fingerprint density at radius 3 is 2.24 bits per heavy atom. The molecule has 29 heavy (non-hydrogen) atoms. The van der Waals surface area contributed by atoms with E-state index >= 15 is 0 Å². The normalized spacial score (nSPS) is 11.3. The van der Waals surface area contributed by atoms with Crippen molar-refractivity contribution in [3.05, 3.63) is 77.4 Å². The van der Waals surface area contributed by atoms with Gasteiger partial charge in [0, 0.05) is 30.8 Å². The monoisotopic (exact) mass is 409 g/mol. The fourth-order valence-electron chi connectivity index (χ4n) is 2.83. The van der Waals surface area contributed by atoms with Gasteiger partial charge in [0.1, 0.15) is 5.82 Å². The number of benzene rings is 2. The lowest BCUT2D eigenvalue weighted by Crippen LogP contribution is -2.26. The minimum Gasteiger partial charge on any atom is -0.352 e. The quantitative estimate of drug-likeness (QED) is 0.676. The van der Waals surface area contributed by atoms with E-state index in [4.69, 9.17) is 0 Å². The van der Waals surface area contributed by atoms with E-state index in [-0.39, 0.29) is 10.8 Å². The number of aryl methyl sites for hydroxylation is 2. The van der Waals surface area contributed by atoms with Crippen molar-refractivity contribution in [2.24, 2.45) is 0 Å². The van der Waals surface area contributed by atoms with Crippen LogP contribution in [-0.2, 0) is 16.3 Å². The van der Waals surface area contributed by atoms with Crippen molar-refractivity contribution in [1.29, 1.82) is 0 Å². The lowest BCUT2D eigenvalue weighted by Gasteiger charge is -2.10. The van der Waals surface area contributed by atoms with Crippen LogP contribution < -0.4 is 5.32 Å². The number of rotatable bonds is 6. The Morgan fingerprint density at radius 1 is 0.966 bits per heavy atom. The van der Waals surface area contributed by atoms with Gasteiger partial charge in [-0.05, 0) is 55.2 Å². The molecule has 1 amide bonds. The predicted molar refractivity (Wildman–Crippen MR) is 113 cm³/mol. The van der Waals surface area contributed by atoms with Gasteiger partial charge in [-0.2, -0.15) is 0 Å². The van der Waals surface area contributed by atoms with Crippen LogP contribution in [0.1, 0.15) is 27.3 Å². The van der Waals surface area contributed by atoms with Gasteiger partial charge in [0.2, 0.25) is 0 Å². The Morgan fingerprint density at radius 2 is 1.62 bits per heavy atom. The number of aromatic nitrogens is 2. The van der Waals surface area contributed by atoms with Crippen LogP contribution >= 0.6 is 0 Å². The average molecular weight is 410 g/mol. The molecule has 2 aromatic carbocycles. The van der Waals surface area contributed by atoms with Gasteiger partial charge in [-0.15, -0.1) is 0 Å². The van der Waals surface area contributed by atoms with Crippen LogP contribution in [0, 0.1) is 13.8 Å². The van der Waals surface area contributed by atoms with Gasteiger partial charge in [0.25, 0.3) is 5.91 Å². The number of nitrogens with one attached hydrogen (secondary N) is 1. The van der Waals surface area contributed by atoms with Crippen LogP contribution in [0.4, 0.5) is 0 Å². The molecule has 6 nitrogen and oxygen atoms in total. The summed E-state index contributed by atoms with van der Waals surface area (Å²) >= 11 is 0. The van der Waals surface area contributed by atoms with Gasteiger partial charge < -0.3 is 5.32 Å². The summed E-state index contributed by atoms with van der Waals surface area (Å²) in [6, 6.07) is 12.4. The zero-order valence-corrected chi connectivity index (χ0v) is 17.5. The number of amides is 1. The van der Waals surface area contributed by atoms with E-state index in [2.05, 4.69) is 15.3 Å². The number of carbonyl (C=O) groups excluding carboxylic acids is 1. The average Bonchev–Trinajstić information content (AvgIpc) is 2.69. The van der Waals surface area contributed by atoms with E-state index in [1.54, 1.807) is 24.5 Å². The summed E-state index contributed by atoms with van der Waals surface area (Å²) in [6.07, 6.45) is 5.19. The molecule has 0 atom stereocenters. The Labute approximate surface area is 171 Å². The summed E-state index contributed by atoms with van der Waals surface area (Å²) in [4.78, 5) is 21.1. The third kappa shape index (κ3) is 5.48. The number of hydrogen-bond acceptors (Lipinski definition) is 5. The van der Waals surface area contributed by atoms with Crippen molar-refractivity contribution < 1.29 is 13.2 Å². The highest BCUT2D eigenvalue weighted by Crippen LogP contribution is 2.25. The molecule has 3 aromatic rings. The Kier molecular flexibility index (Phi) is 6.08. The maximum absolute atomic E-state index is 12.7. The highest BCUT2D eigenvalue weighted by Gasteiger charge is 2.15. The van der Waals surface area contributed by atoms with Crippen molar-refractivity contribution in [2.45, 2.75) is 25.2 Å². The SMILES string of the molecule is Cc1ccc(-c2cc(C(=O)NCCc3cnc(C)nc3)cc(S(C)(=O)=O)c2)cc1. The van der Waals surface area contributed by atoms with Crippen molar-refractivity contribution in [3.63, 3.8) is 0 Å². The van der Waals surface area contributed by atoms with Crippen molar-refractivity contribution in [3.8, 4) is 11.1 Å². The van der Waals surface area contributed by atoms with E-state index in [0.29, 0.717) is 29.9 Å². The first-order valence-corrected chi connectivity index (χ1v) is 11.1. The number of hydrogen-bond donors (Lipinski definition) is 1. The van der Waals surface area contributed by atoms with Crippen LogP contribution in [0.15, 0.2) is 59.8 Å². The number of nitrogens with zero attached hydrogens (tertiary/aromatic N) is 2. The maximum atomic E-state index is 12.7. The number of sulfone groups is 1. The molecule has 0 unspecified atom stereocenters. The lowest BCUT2D eigenvalue weighted by atomic mass is 10.0. The van der Waals surface area contributed by atoms with E-state index in [1.165, 1.54) is 6.07 Å². The van der Waals surface area contributed by atoms with Crippen LogP contribution in [0.25, 0.3) is 11.1 Å². The molecule has 0 aliphatic heterocycles. The molecule has 0 spiro atoms. The lowest BCUT2D eigenvalue weighted by molar-refractivity contribution is 0.0954. The van der Waals surface area contributed by atoms with E-state index in [9.17, 15) is 13.2 Å². The van der Waals surface area contributed by atoms with Crippen LogP contribution in [0.3, 0.4) is 0 Å². The zero-order chi connectivity index (χ0) is 21.0. The molecule has 0 radical (unpaired) electrons. The smallest absolute Gasteiger partial charge is 0.251 e. The summed E-state index contributed by atoms with van der Waals surface area (Å²) in [7, 11) is -3.46. The molecule has 0 aliphatic carbocycles. The molecule has 1 N–H and O–H groups in total. The first-order chi connectivity index (χ1) is 13.7. The van der Waals surface area contributed by atoms with Gasteiger partial charge in [0.15, 0.2) is 9.84 Å². The van der Waals surface area contributed by atoms with Gasteiger partial charge in [-0.1, -0.05) is 29.8 Å². The third-order valence-electron chi connectivity index (χ3n) is 4.52. The molecule has 150 valence electrons. The second-order valence-corrected chi connectivity index (χ2v) is 9.04. The van der Waals surface area contributed by atoms with Crippen LogP contribution in [-0.4, -0.2) is 37.1 Å². The fourth-order valence-corrected chi connectivity index (χ4v) is 3.51. The van der Waals surface area contributed by atoms with E-state index < -0.39 is 9.84 Å². The van der Waals surface area contributed by atoms with Gasteiger partial charge in [-0.25, -0.2) is 18.4 Å². The molecule has 0 fully saturated rings. The topological polar surface area (TPSA) is 89.0 Å². The Bertz CT molecular complexity index is 1120. The molecule has 3 rings (SSSR count). The van der Waals surface area contributed by atoms with Crippen LogP contribution in [0.5, 0.6) is 0 Å². The largest absolute Gasteiger partial charge is 0.352 e. The summed E-state index contributed by atoms with van der Waals surface area (Å²) < 4.78 is 24.3. The van der Waals surface area contributed by atoms with Crippen molar-refractivity contribution in [1.82, 2.24) is 15.3 Å². The Hall–Kier alpha value is -3.06. The molecule has 1 aromatic heterocycles. The summed E-state index contributed by atoms with van der Waals surface area (Å²) in [6.45, 7) is 4.19. The minimum absolute atomic E-state index is 0.118. The molecule has 0 bridgehead atoms. The molecule has 0 saturated carbocycles. The van der Waals surface area contributed by atoms with E-state index in [1.807, 2.05) is 38.1 Å². The molecule has 0 saturated heterocycles. The predicted octanol–water partition coefficient (Wildman–Crippen LogP) is 3.14. The van der Waals surface area contributed by atoms with Gasteiger partial charge >= 0.3 is 0 Å². The first-order valence-electron chi connectivity index (χ1n) is 9.20. The molecule has 0 aliphatic rings. The zero-order valence-electron chi connectivity index (χ0n) is 16.6. The fraction of sp³-hybridized carbons (Fsp3) is 0.227. The molecule has 7 heteroatoms. The standard InChI is InChI=1S/C22H23N3O3S/c1-15-4-6-18(7-5-15)19-10-20(12-21(11-19)29(3,27)28)22(26)23-9-8-17-13-24-16(2)25-14-17/h4-7,10-14H,8-9H2,1-3H3,(H,23,26). The summed E-state index contributed by atoms with van der Waals surface area (Å²) in [5.74, 6) is 0.371. The molecular weight excluding hydrogens is 386 g/mol. The molecule has 1 heterocycles.